The summed E-state index contributed by atoms with van der Waals surface area (Å²) >= 11 is 5.45. The molecular weight excluding hydrogens is 398 g/mol. The van der Waals surface area contributed by atoms with Gasteiger partial charge in [0.05, 0.1) is 17.8 Å². The standard InChI is InChI=1S/C20H16F2N4O2S/c1-20(2)18(28)25(11-6-8-16(23-3)15(22)9-11)19(29)26(20)12-5-7-13(14(21)10-12)17(27)24-4/h5-10H,1-2,4H3,(H,24,27). The minimum absolute atomic E-state index is 0.0297. The fourth-order valence-corrected chi connectivity index (χ4v) is 3.67. The number of anilines is 2. The number of amides is 2. The van der Waals surface area contributed by atoms with Gasteiger partial charge in [0.15, 0.2) is 5.11 Å². The molecule has 6 nitrogen and oxygen atoms in total. The largest absolute Gasteiger partial charge is 0.355 e. The summed E-state index contributed by atoms with van der Waals surface area (Å²) < 4.78 is 28.5. The number of hydrogen-bond donors (Lipinski definition) is 1. The van der Waals surface area contributed by atoms with Crippen molar-refractivity contribution < 1.29 is 18.4 Å². The molecule has 1 aliphatic heterocycles. The third kappa shape index (κ3) is 3.21. The fraction of sp³-hybridized carbons (Fsp3) is 0.200. The molecule has 29 heavy (non-hydrogen) atoms. The molecule has 9 heteroatoms. The van der Waals surface area contributed by atoms with E-state index in [1.54, 1.807) is 13.8 Å². The number of halogens is 2. The Balaban J connectivity index is 2.06. The molecule has 3 rings (SSSR count). The number of carbonyl (C=O) groups excluding carboxylic acids is 2. The molecular formula is C20H16F2N4O2S. The first-order valence-corrected chi connectivity index (χ1v) is 8.91. The van der Waals surface area contributed by atoms with E-state index in [1.165, 1.54) is 36.2 Å². The summed E-state index contributed by atoms with van der Waals surface area (Å²) in [5, 5.41) is 2.38. The van der Waals surface area contributed by atoms with Crippen molar-refractivity contribution in [3.05, 3.63) is 65.0 Å². The molecule has 1 N–H and O–H groups in total. The van der Waals surface area contributed by atoms with Crippen LogP contribution in [0.3, 0.4) is 0 Å². The molecule has 0 unspecified atom stereocenters. The second-order valence-corrected chi connectivity index (χ2v) is 7.17. The maximum atomic E-state index is 14.5. The lowest BCUT2D eigenvalue weighted by molar-refractivity contribution is -0.120. The van der Waals surface area contributed by atoms with E-state index in [2.05, 4.69) is 10.2 Å². The lowest BCUT2D eigenvalue weighted by atomic mass is 10.0. The fourth-order valence-electron chi connectivity index (χ4n) is 3.14. The van der Waals surface area contributed by atoms with Crippen LogP contribution in [0.2, 0.25) is 0 Å². The van der Waals surface area contributed by atoms with Crippen LogP contribution < -0.4 is 15.1 Å². The van der Waals surface area contributed by atoms with Crippen molar-refractivity contribution in [3.63, 3.8) is 0 Å². The van der Waals surface area contributed by atoms with Gasteiger partial charge < -0.3 is 10.2 Å². The quantitative estimate of drug-likeness (QED) is 0.613. The third-order valence-electron chi connectivity index (χ3n) is 4.66. The van der Waals surface area contributed by atoms with Gasteiger partial charge in [-0.3, -0.25) is 14.5 Å². The highest BCUT2D eigenvalue weighted by atomic mass is 32.1. The van der Waals surface area contributed by atoms with Crippen LogP contribution in [-0.4, -0.2) is 29.5 Å². The summed E-state index contributed by atoms with van der Waals surface area (Å²) in [7, 11) is 1.39. The van der Waals surface area contributed by atoms with Crippen molar-refractivity contribution in [1.82, 2.24) is 5.32 Å². The Kier molecular flexibility index (Phi) is 5.07. The molecule has 1 fully saturated rings. The van der Waals surface area contributed by atoms with Gasteiger partial charge in [-0.1, -0.05) is 6.07 Å². The van der Waals surface area contributed by atoms with Gasteiger partial charge >= 0.3 is 0 Å². The molecule has 1 saturated heterocycles. The lowest BCUT2D eigenvalue weighted by Crippen LogP contribution is -2.44. The van der Waals surface area contributed by atoms with Crippen LogP contribution in [0, 0.1) is 18.2 Å². The number of thiocarbonyl (C=S) groups is 1. The topological polar surface area (TPSA) is 57.0 Å². The summed E-state index contributed by atoms with van der Waals surface area (Å²) in [5.41, 5.74) is -1.05. The van der Waals surface area contributed by atoms with Gasteiger partial charge in [-0.05, 0) is 56.4 Å². The summed E-state index contributed by atoms with van der Waals surface area (Å²) in [6, 6.07) is 7.67. The Hall–Kier alpha value is -3.38. The molecule has 2 amide bonds. The molecule has 1 heterocycles. The number of rotatable bonds is 3. The molecule has 0 bridgehead atoms. The van der Waals surface area contributed by atoms with Crippen molar-refractivity contribution in [2.45, 2.75) is 19.4 Å². The second-order valence-electron chi connectivity index (χ2n) is 6.81. The molecule has 2 aromatic carbocycles. The number of nitrogens with one attached hydrogen (secondary N) is 1. The van der Waals surface area contributed by atoms with E-state index >= 15 is 0 Å². The van der Waals surface area contributed by atoms with Crippen molar-refractivity contribution >= 4 is 46.2 Å². The molecule has 0 aliphatic carbocycles. The van der Waals surface area contributed by atoms with Crippen LogP contribution >= 0.6 is 12.2 Å². The van der Waals surface area contributed by atoms with E-state index in [9.17, 15) is 18.4 Å². The molecule has 0 atom stereocenters. The van der Waals surface area contributed by atoms with Gasteiger partial charge in [-0.2, -0.15) is 0 Å². The maximum absolute atomic E-state index is 14.5. The summed E-state index contributed by atoms with van der Waals surface area (Å²) in [5.74, 6) is -2.55. The Labute approximate surface area is 171 Å². The van der Waals surface area contributed by atoms with E-state index in [-0.39, 0.29) is 27.7 Å². The van der Waals surface area contributed by atoms with Gasteiger partial charge in [0, 0.05) is 12.7 Å². The minimum Gasteiger partial charge on any atom is -0.355 e. The van der Waals surface area contributed by atoms with Gasteiger partial charge in [0.2, 0.25) is 5.69 Å². The average molecular weight is 414 g/mol. The zero-order valence-corrected chi connectivity index (χ0v) is 16.6. The van der Waals surface area contributed by atoms with E-state index in [1.807, 2.05) is 0 Å². The van der Waals surface area contributed by atoms with Crippen LogP contribution in [0.1, 0.15) is 24.2 Å². The number of hydrogen-bond acceptors (Lipinski definition) is 3. The van der Waals surface area contributed by atoms with Crippen molar-refractivity contribution in [1.29, 1.82) is 0 Å². The molecule has 1 aliphatic rings. The predicted octanol–water partition coefficient (Wildman–Crippen LogP) is 3.79. The first-order valence-electron chi connectivity index (χ1n) is 8.51. The van der Waals surface area contributed by atoms with Crippen LogP contribution in [0.15, 0.2) is 36.4 Å². The second kappa shape index (κ2) is 7.22. The zero-order valence-electron chi connectivity index (χ0n) is 15.8. The van der Waals surface area contributed by atoms with Crippen LogP contribution in [-0.2, 0) is 4.79 Å². The molecule has 0 aromatic heterocycles. The van der Waals surface area contributed by atoms with Gasteiger partial charge in [0.25, 0.3) is 11.8 Å². The Bertz CT molecular complexity index is 1090. The van der Waals surface area contributed by atoms with Crippen molar-refractivity contribution in [2.75, 3.05) is 16.8 Å². The first kappa shape index (κ1) is 20.4. The summed E-state index contributed by atoms with van der Waals surface area (Å²) in [4.78, 5) is 30.4. The van der Waals surface area contributed by atoms with Gasteiger partial charge in [-0.15, -0.1) is 0 Å². The maximum Gasteiger partial charge on any atom is 0.259 e. The summed E-state index contributed by atoms with van der Waals surface area (Å²) in [6.07, 6.45) is 0. The normalized spacial score (nSPS) is 15.4. The summed E-state index contributed by atoms with van der Waals surface area (Å²) in [6.45, 7) is 10.2. The molecule has 2 aromatic rings. The molecule has 0 radical (unpaired) electrons. The van der Waals surface area contributed by atoms with E-state index in [0.29, 0.717) is 0 Å². The Morgan fingerprint density at radius 2 is 1.76 bits per heavy atom. The molecule has 148 valence electrons. The Morgan fingerprint density at radius 3 is 2.31 bits per heavy atom. The average Bonchev–Trinajstić information content (AvgIpc) is 2.85. The van der Waals surface area contributed by atoms with E-state index in [0.717, 1.165) is 17.0 Å². The SMILES string of the molecule is [C-]#[N+]c1ccc(N2C(=O)C(C)(C)N(c3ccc(C(=O)NC)c(F)c3)C2=S)cc1F. The van der Waals surface area contributed by atoms with Crippen LogP contribution in [0.4, 0.5) is 25.8 Å². The van der Waals surface area contributed by atoms with Crippen LogP contribution in [0.5, 0.6) is 0 Å². The number of nitrogens with zero attached hydrogens (tertiary/aromatic N) is 3. The van der Waals surface area contributed by atoms with Gasteiger partial charge in [0.1, 0.15) is 17.2 Å². The Morgan fingerprint density at radius 1 is 1.14 bits per heavy atom. The van der Waals surface area contributed by atoms with Crippen molar-refractivity contribution in [2.24, 2.45) is 0 Å². The number of benzene rings is 2. The predicted molar refractivity (Wildman–Crippen MR) is 109 cm³/mol. The van der Waals surface area contributed by atoms with E-state index in [4.69, 9.17) is 18.8 Å². The third-order valence-corrected chi connectivity index (χ3v) is 5.03. The van der Waals surface area contributed by atoms with Crippen molar-refractivity contribution in [3.8, 4) is 0 Å². The smallest absolute Gasteiger partial charge is 0.259 e. The van der Waals surface area contributed by atoms with E-state index < -0.39 is 29.0 Å². The monoisotopic (exact) mass is 414 g/mol. The number of carbonyl (C=O) groups is 2. The van der Waals surface area contributed by atoms with Gasteiger partial charge in [-0.25, -0.2) is 13.6 Å². The highest BCUT2D eigenvalue weighted by Crippen LogP contribution is 2.37. The zero-order chi connectivity index (χ0) is 21.5. The minimum atomic E-state index is -1.19. The lowest BCUT2D eigenvalue weighted by Gasteiger charge is -2.29. The molecule has 0 spiro atoms. The highest BCUT2D eigenvalue weighted by molar-refractivity contribution is 7.81. The molecule has 0 saturated carbocycles. The highest BCUT2D eigenvalue weighted by Gasteiger charge is 2.50. The first-order chi connectivity index (χ1) is 13.6. The van der Waals surface area contributed by atoms with Crippen LogP contribution in [0.25, 0.3) is 4.85 Å².